The van der Waals surface area contributed by atoms with Crippen molar-refractivity contribution < 1.29 is 14.3 Å². The molecule has 7 heteroatoms. The maximum absolute atomic E-state index is 13.1. The van der Waals surface area contributed by atoms with Crippen LogP contribution in [0, 0.1) is 0 Å². The van der Waals surface area contributed by atoms with Crippen LogP contribution in [0.5, 0.6) is 11.5 Å². The summed E-state index contributed by atoms with van der Waals surface area (Å²) in [6.07, 6.45) is 2.67. The first-order chi connectivity index (χ1) is 14.7. The highest BCUT2D eigenvalue weighted by molar-refractivity contribution is 6.06. The highest BCUT2D eigenvalue weighted by atomic mass is 16.5. The Bertz CT molecular complexity index is 1260. The summed E-state index contributed by atoms with van der Waals surface area (Å²) in [5.41, 5.74) is 4.77. The first-order valence-electron chi connectivity index (χ1n) is 9.66. The van der Waals surface area contributed by atoms with Gasteiger partial charge in [0.2, 0.25) is 0 Å². The van der Waals surface area contributed by atoms with E-state index in [4.69, 9.17) is 9.47 Å². The Kier molecular flexibility index (Phi) is 4.35. The lowest BCUT2D eigenvalue weighted by Crippen LogP contribution is -2.29. The van der Waals surface area contributed by atoms with E-state index >= 15 is 0 Å². The molecule has 3 heterocycles. The number of nitrogens with zero attached hydrogens (tertiary/aromatic N) is 4. The molecule has 7 nitrogen and oxygen atoms in total. The van der Waals surface area contributed by atoms with Gasteiger partial charge in [0.05, 0.1) is 19.9 Å². The Labute approximate surface area is 173 Å². The lowest BCUT2D eigenvalue weighted by atomic mass is 10.1. The van der Waals surface area contributed by atoms with Crippen molar-refractivity contribution in [3.05, 3.63) is 72.1 Å². The molecule has 0 fully saturated rings. The largest absolute Gasteiger partial charge is 0.493 e. The highest BCUT2D eigenvalue weighted by Crippen LogP contribution is 2.32. The Morgan fingerprint density at radius 2 is 1.83 bits per heavy atom. The predicted octanol–water partition coefficient (Wildman–Crippen LogP) is 3.62. The minimum Gasteiger partial charge on any atom is -0.493 e. The molecule has 0 saturated carbocycles. The Morgan fingerprint density at radius 1 is 1.00 bits per heavy atom. The number of rotatable bonds is 4. The van der Waals surface area contributed by atoms with Crippen molar-refractivity contribution >= 4 is 17.2 Å². The molecule has 1 amide bonds. The van der Waals surface area contributed by atoms with Gasteiger partial charge in [-0.2, -0.15) is 5.10 Å². The van der Waals surface area contributed by atoms with E-state index in [0.29, 0.717) is 29.4 Å². The lowest BCUT2D eigenvalue weighted by Gasteiger charge is -2.15. The van der Waals surface area contributed by atoms with Crippen LogP contribution in [0.1, 0.15) is 16.1 Å². The normalized spacial score (nSPS) is 12.8. The number of para-hydroxylation sites is 1. The number of aromatic nitrogens is 3. The van der Waals surface area contributed by atoms with Crippen molar-refractivity contribution in [2.24, 2.45) is 0 Å². The van der Waals surface area contributed by atoms with E-state index in [-0.39, 0.29) is 5.91 Å². The number of anilines is 1. The Morgan fingerprint density at radius 3 is 2.67 bits per heavy atom. The van der Waals surface area contributed by atoms with Gasteiger partial charge in [0.15, 0.2) is 22.8 Å². The van der Waals surface area contributed by atoms with Gasteiger partial charge in [-0.25, -0.2) is 9.50 Å². The molecule has 0 saturated heterocycles. The van der Waals surface area contributed by atoms with Crippen LogP contribution < -0.4 is 14.4 Å². The molecule has 1 aliphatic rings. The number of carbonyl (C=O) groups is 1. The number of hydrogen-bond donors (Lipinski definition) is 0. The highest BCUT2D eigenvalue weighted by Gasteiger charge is 2.27. The van der Waals surface area contributed by atoms with Gasteiger partial charge >= 0.3 is 0 Å². The number of carbonyl (C=O) groups excluding carboxylic acids is 1. The van der Waals surface area contributed by atoms with Crippen LogP contribution in [-0.2, 0) is 6.42 Å². The minimum atomic E-state index is -0.113. The summed E-state index contributed by atoms with van der Waals surface area (Å²) >= 11 is 0. The lowest BCUT2D eigenvalue weighted by molar-refractivity contribution is 0.0984. The zero-order valence-corrected chi connectivity index (χ0v) is 16.7. The second kappa shape index (κ2) is 7.18. The van der Waals surface area contributed by atoms with Crippen LogP contribution in [0.4, 0.5) is 5.69 Å². The van der Waals surface area contributed by atoms with Crippen LogP contribution in [0.2, 0.25) is 0 Å². The van der Waals surface area contributed by atoms with Crippen molar-refractivity contribution in [2.45, 2.75) is 6.42 Å². The molecule has 0 unspecified atom stereocenters. The molecule has 5 rings (SSSR count). The van der Waals surface area contributed by atoms with Crippen molar-refractivity contribution in [2.75, 3.05) is 25.7 Å². The second-order valence-corrected chi connectivity index (χ2v) is 7.05. The van der Waals surface area contributed by atoms with E-state index < -0.39 is 0 Å². The summed E-state index contributed by atoms with van der Waals surface area (Å²) in [5, 5.41) is 4.44. The van der Waals surface area contributed by atoms with Gasteiger partial charge in [0.25, 0.3) is 5.91 Å². The fourth-order valence-electron chi connectivity index (χ4n) is 3.83. The van der Waals surface area contributed by atoms with Crippen molar-refractivity contribution in [3.63, 3.8) is 0 Å². The summed E-state index contributed by atoms with van der Waals surface area (Å²) in [6.45, 7) is 0.663. The molecule has 0 spiro atoms. The van der Waals surface area contributed by atoms with E-state index in [1.165, 1.54) is 5.56 Å². The molecule has 2 aromatic heterocycles. The number of methoxy groups -OCH3 is 2. The third-order valence-electron chi connectivity index (χ3n) is 5.36. The van der Waals surface area contributed by atoms with Gasteiger partial charge < -0.3 is 14.4 Å². The molecule has 0 N–H and O–H groups in total. The third-order valence-corrected chi connectivity index (χ3v) is 5.36. The maximum atomic E-state index is 13.1. The number of hydrogen-bond acceptors (Lipinski definition) is 5. The monoisotopic (exact) mass is 400 g/mol. The van der Waals surface area contributed by atoms with Gasteiger partial charge in [-0.1, -0.05) is 18.2 Å². The molecule has 0 bridgehead atoms. The third kappa shape index (κ3) is 2.95. The minimum absolute atomic E-state index is 0.113. The molecule has 0 atom stereocenters. The van der Waals surface area contributed by atoms with E-state index in [9.17, 15) is 4.79 Å². The maximum Gasteiger partial charge on any atom is 0.278 e. The van der Waals surface area contributed by atoms with Crippen LogP contribution in [0.15, 0.2) is 60.8 Å². The quantitative estimate of drug-likeness (QED) is 0.523. The summed E-state index contributed by atoms with van der Waals surface area (Å²) in [7, 11) is 3.20. The van der Waals surface area contributed by atoms with Gasteiger partial charge in [0.1, 0.15) is 0 Å². The molecular weight excluding hydrogens is 380 g/mol. The summed E-state index contributed by atoms with van der Waals surface area (Å²) in [4.78, 5) is 19.5. The number of ether oxygens (including phenoxy) is 2. The van der Waals surface area contributed by atoms with E-state index in [1.807, 2.05) is 48.7 Å². The smallest absolute Gasteiger partial charge is 0.278 e. The van der Waals surface area contributed by atoms with Crippen LogP contribution in [-0.4, -0.2) is 41.3 Å². The fraction of sp³-hybridized carbons (Fsp3) is 0.174. The molecule has 0 aliphatic carbocycles. The van der Waals surface area contributed by atoms with Gasteiger partial charge in [0, 0.05) is 30.1 Å². The average Bonchev–Trinajstić information content (AvgIpc) is 3.42. The SMILES string of the molecule is COc1ccc(-c2ccn3nc(C(=O)N4CCc5ccccc54)cc3n2)cc1OC. The van der Waals surface area contributed by atoms with Crippen molar-refractivity contribution in [1.82, 2.24) is 14.6 Å². The topological polar surface area (TPSA) is 69.0 Å². The Hall–Kier alpha value is -3.87. The first kappa shape index (κ1) is 18.2. The zero-order chi connectivity index (χ0) is 20.7. The first-order valence-corrected chi connectivity index (χ1v) is 9.66. The average molecular weight is 400 g/mol. The van der Waals surface area contributed by atoms with Crippen molar-refractivity contribution in [3.8, 4) is 22.8 Å². The standard InChI is InChI=1S/C23H20N4O3/c1-29-20-8-7-16(13-21(20)30-2)17-10-12-27-22(24-17)14-18(25-27)23(28)26-11-9-15-5-3-4-6-19(15)26/h3-8,10,12-14H,9,11H2,1-2H3. The number of benzene rings is 2. The molecule has 0 radical (unpaired) electrons. The molecule has 30 heavy (non-hydrogen) atoms. The van der Waals surface area contributed by atoms with E-state index in [2.05, 4.69) is 16.1 Å². The molecule has 150 valence electrons. The van der Waals surface area contributed by atoms with E-state index in [0.717, 1.165) is 23.4 Å². The summed E-state index contributed by atoms with van der Waals surface area (Å²) in [6, 6.07) is 17.2. The molecular formula is C23H20N4O3. The predicted molar refractivity (Wildman–Crippen MR) is 113 cm³/mol. The molecule has 2 aromatic carbocycles. The zero-order valence-electron chi connectivity index (χ0n) is 16.7. The van der Waals surface area contributed by atoms with Crippen LogP contribution >= 0.6 is 0 Å². The molecule has 1 aliphatic heterocycles. The number of amides is 1. The van der Waals surface area contributed by atoms with E-state index in [1.54, 1.807) is 29.7 Å². The molecule has 4 aromatic rings. The van der Waals surface area contributed by atoms with Gasteiger partial charge in [-0.3, -0.25) is 4.79 Å². The van der Waals surface area contributed by atoms with Crippen LogP contribution in [0.25, 0.3) is 16.9 Å². The second-order valence-electron chi connectivity index (χ2n) is 7.05. The summed E-state index contributed by atoms with van der Waals surface area (Å²) in [5.74, 6) is 1.18. The summed E-state index contributed by atoms with van der Waals surface area (Å²) < 4.78 is 12.3. The van der Waals surface area contributed by atoms with Gasteiger partial charge in [-0.05, 0) is 42.3 Å². The van der Waals surface area contributed by atoms with Crippen LogP contribution in [0.3, 0.4) is 0 Å². The fourth-order valence-corrected chi connectivity index (χ4v) is 3.83. The number of fused-ring (bicyclic) bond motifs is 2. The van der Waals surface area contributed by atoms with Crippen molar-refractivity contribution in [1.29, 1.82) is 0 Å². The van der Waals surface area contributed by atoms with Gasteiger partial charge in [-0.15, -0.1) is 0 Å². The Balaban J connectivity index is 1.48.